The van der Waals surface area contributed by atoms with Gasteiger partial charge in [0.05, 0.1) is 12.0 Å². The zero-order valence-corrected chi connectivity index (χ0v) is 10.4. The van der Waals surface area contributed by atoms with Crippen LogP contribution in [0.15, 0.2) is 18.3 Å². The smallest absolute Gasteiger partial charge is 0.309 e. The van der Waals surface area contributed by atoms with Crippen LogP contribution in [0.4, 0.5) is 0 Å². The van der Waals surface area contributed by atoms with Gasteiger partial charge in [0.15, 0.2) is 0 Å². The summed E-state index contributed by atoms with van der Waals surface area (Å²) in [5.41, 5.74) is -0.102. The maximum Gasteiger partial charge on any atom is 0.309 e. The summed E-state index contributed by atoms with van der Waals surface area (Å²) in [6.07, 6.45) is 1.79. The molecule has 0 saturated heterocycles. The first-order valence-electron chi connectivity index (χ1n) is 5.42. The van der Waals surface area contributed by atoms with Crippen LogP contribution < -0.4 is 0 Å². The molecule has 0 atom stereocenters. The van der Waals surface area contributed by atoms with Crippen molar-refractivity contribution in [1.29, 1.82) is 0 Å². The Balaban J connectivity index is 2.56. The second-order valence-corrected chi connectivity index (χ2v) is 4.81. The Morgan fingerprint density at radius 3 is 2.59 bits per heavy atom. The molecule has 0 spiro atoms. The third-order valence-electron chi connectivity index (χ3n) is 2.67. The third-order valence-corrected chi connectivity index (χ3v) is 2.67. The van der Waals surface area contributed by atoms with Crippen molar-refractivity contribution in [2.45, 2.75) is 26.8 Å². The molecule has 0 fully saturated rings. The second-order valence-electron chi connectivity index (χ2n) is 4.81. The van der Waals surface area contributed by atoms with Gasteiger partial charge in [-0.3, -0.25) is 9.59 Å². The van der Waals surface area contributed by atoms with Crippen molar-refractivity contribution in [1.82, 2.24) is 9.88 Å². The molecular weight excluding hydrogens is 220 g/mol. The number of carboxylic acid groups (broad SMARTS) is 1. The van der Waals surface area contributed by atoms with Crippen molar-refractivity contribution in [2.24, 2.45) is 5.41 Å². The molecule has 0 unspecified atom stereocenters. The minimum atomic E-state index is -1.03. The number of carbonyl (C=O) groups is 2. The summed E-state index contributed by atoms with van der Waals surface area (Å²) in [6, 6.07) is 3.74. The molecule has 1 aromatic heterocycles. The molecule has 0 aliphatic heterocycles. The van der Waals surface area contributed by atoms with Gasteiger partial charge in [0, 0.05) is 25.4 Å². The van der Waals surface area contributed by atoms with Gasteiger partial charge in [0.2, 0.25) is 5.91 Å². The number of H-pyrrole nitrogens is 1. The molecule has 1 rings (SSSR count). The van der Waals surface area contributed by atoms with E-state index in [1.165, 1.54) is 4.90 Å². The van der Waals surface area contributed by atoms with Gasteiger partial charge in [-0.15, -0.1) is 0 Å². The number of aromatic nitrogens is 1. The minimum absolute atomic E-state index is 0.000454. The van der Waals surface area contributed by atoms with E-state index in [2.05, 4.69) is 4.98 Å². The Labute approximate surface area is 100 Å². The van der Waals surface area contributed by atoms with Crippen molar-refractivity contribution in [2.75, 3.05) is 7.05 Å². The zero-order chi connectivity index (χ0) is 13.1. The van der Waals surface area contributed by atoms with Crippen molar-refractivity contribution in [3.8, 4) is 0 Å². The van der Waals surface area contributed by atoms with Crippen LogP contribution in [0, 0.1) is 5.41 Å². The lowest BCUT2D eigenvalue weighted by Gasteiger charge is -2.23. The molecule has 17 heavy (non-hydrogen) atoms. The summed E-state index contributed by atoms with van der Waals surface area (Å²) in [7, 11) is 1.67. The number of carboxylic acids is 1. The fourth-order valence-corrected chi connectivity index (χ4v) is 1.40. The van der Waals surface area contributed by atoms with Gasteiger partial charge in [-0.25, -0.2) is 0 Å². The number of aromatic amines is 1. The molecule has 5 heteroatoms. The van der Waals surface area contributed by atoms with Crippen LogP contribution >= 0.6 is 0 Å². The first-order valence-corrected chi connectivity index (χ1v) is 5.42. The van der Waals surface area contributed by atoms with Gasteiger partial charge in [-0.2, -0.15) is 0 Å². The van der Waals surface area contributed by atoms with Gasteiger partial charge >= 0.3 is 5.97 Å². The number of nitrogens with one attached hydrogen (secondary N) is 1. The van der Waals surface area contributed by atoms with E-state index in [1.54, 1.807) is 27.1 Å². The quantitative estimate of drug-likeness (QED) is 0.815. The highest BCUT2D eigenvalue weighted by atomic mass is 16.4. The maximum absolute atomic E-state index is 11.8. The topological polar surface area (TPSA) is 73.4 Å². The number of rotatable bonds is 5. The van der Waals surface area contributed by atoms with Crippen LogP contribution in [-0.4, -0.2) is 33.9 Å². The number of carbonyl (C=O) groups excluding carboxylic acids is 1. The van der Waals surface area contributed by atoms with Crippen molar-refractivity contribution in [3.63, 3.8) is 0 Å². The Bertz CT molecular complexity index is 396. The van der Waals surface area contributed by atoms with Gasteiger partial charge in [0.25, 0.3) is 0 Å². The third kappa shape index (κ3) is 3.62. The van der Waals surface area contributed by atoms with E-state index in [0.717, 1.165) is 5.69 Å². The molecule has 0 bridgehead atoms. The fourth-order valence-electron chi connectivity index (χ4n) is 1.40. The molecule has 1 aromatic rings. The zero-order valence-electron chi connectivity index (χ0n) is 10.4. The van der Waals surface area contributed by atoms with E-state index in [1.807, 2.05) is 12.1 Å². The summed E-state index contributed by atoms with van der Waals surface area (Å²) < 4.78 is 0. The molecule has 0 saturated carbocycles. The highest BCUT2D eigenvalue weighted by Gasteiger charge is 2.31. The van der Waals surface area contributed by atoms with Gasteiger partial charge in [0.1, 0.15) is 0 Å². The van der Waals surface area contributed by atoms with Crippen molar-refractivity contribution < 1.29 is 14.7 Å². The van der Waals surface area contributed by atoms with E-state index in [0.29, 0.717) is 6.54 Å². The van der Waals surface area contributed by atoms with Crippen LogP contribution in [0.5, 0.6) is 0 Å². The van der Waals surface area contributed by atoms with Gasteiger partial charge < -0.3 is 15.0 Å². The Morgan fingerprint density at radius 1 is 1.47 bits per heavy atom. The van der Waals surface area contributed by atoms with Crippen LogP contribution in [0.3, 0.4) is 0 Å². The lowest BCUT2D eigenvalue weighted by Crippen LogP contribution is -2.34. The Morgan fingerprint density at radius 2 is 2.12 bits per heavy atom. The number of hydrogen-bond acceptors (Lipinski definition) is 2. The van der Waals surface area contributed by atoms with Gasteiger partial charge in [-0.05, 0) is 26.0 Å². The SMILES string of the molecule is CN(Cc1ccc[nH]1)C(=O)CC(C)(C)C(=O)O. The average molecular weight is 238 g/mol. The molecule has 0 radical (unpaired) electrons. The predicted octanol–water partition coefficient (Wildman–Crippen LogP) is 1.47. The normalized spacial score (nSPS) is 11.2. The highest BCUT2D eigenvalue weighted by molar-refractivity contribution is 5.84. The van der Waals surface area contributed by atoms with Crippen molar-refractivity contribution >= 4 is 11.9 Å². The second kappa shape index (κ2) is 5.03. The van der Waals surface area contributed by atoms with Crippen LogP contribution in [0.25, 0.3) is 0 Å². The number of amides is 1. The maximum atomic E-state index is 11.8. The first kappa shape index (κ1) is 13.3. The monoisotopic (exact) mass is 238 g/mol. The molecule has 94 valence electrons. The molecular formula is C12H18N2O3. The van der Waals surface area contributed by atoms with Crippen LogP contribution in [0.2, 0.25) is 0 Å². The molecule has 0 aliphatic carbocycles. The van der Waals surface area contributed by atoms with Crippen molar-refractivity contribution in [3.05, 3.63) is 24.0 Å². The molecule has 2 N–H and O–H groups in total. The minimum Gasteiger partial charge on any atom is -0.481 e. The lowest BCUT2D eigenvalue weighted by atomic mass is 9.89. The Hall–Kier alpha value is -1.78. The molecule has 1 amide bonds. The highest BCUT2D eigenvalue weighted by Crippen LogP contribution is 2.21. The fraction of sp³-hybridized carbons (Fsp3) is 0.500. The summed E-state index contributed by atoms with van der Waals surface area (Å²) in [6.45, 7) is 3.56. The summed E-state index contributed by atoms with van der Waals surface area (Å²) in [5, 5.41) is 8.95. The Kier molecular flexibility index (Phi) is 3.93. The number of nitrogens with zero attached hydrogens (tertiary/aromatic N) is 1. The van der Waals surface area contributed by atoms with Gasteiger partial charge in [-0.1, -0.05) is 0 Å². The standard InChI is InChI=1S/C12H18N2O3/c1-12(2,11(16)17)7-10(15)14(3)8-9-5-4-6-13-9/h4-6,13H,7-8H2,1-3H3,(H,16,17). The lowest BCUT2D eigenvalue weighted by molar-refractivity contribution is -0.151. The predicted molar refractivity (Wildman–Crippen MR) is 63.3 cm³/mol. The van der Waals surface area contributed by atoms with Crippen LogP contribution in [-0.2, 0) is 16.1 Å². The van der Waals surface area contributed by atoms with E-state index in [9.17, 15) is 9.59 Å². The van der Waals surface area contributed by atoms with E-state index in [4.69, 9.17) is 5.11 Å². The molecule has 0 aliphatic rings. The number of aliphatic carboxylic acids is 1. The summed E-state index contributed by atoms with van der Waals surface area (Å²) >= 11 is 0. The number of hydrogen-bond donors (Lipinski definition) is 2. The van der Waals surface area contributed by atoms with E-state index in [-0.39, 0.29) is 12.3 Å². The molecule has 0 aromatic carbocycles. The largest absolute Gasteiger partial charge is 0.481 e. The molecule has 5 nitrogen and oxygen atoms in total. The molecule has 1 heterocycles. The van der Waals surface area contributed by atoms with E-state index >= 15 is 0 Å². The average Bonchev–Trinajstić information content (AvgIpc) is 2.69. The summed E-state index contributed by atoms with van der Waals surface area (Å²) in [5.74, 6) is -1.13. The summed E-state index contributed by atoms with van der Waals surface area (Å²) in [4.78, 5) is 27.3. The first-order chi connectivity index (χ1) is 7.83. The van der Waals surface area contributed by atoms with Crippen LogP contribution in [0.1, 0.15) is 26.0 Å². The van der Waals surface area contributed by atoms with E-state index < -0.39 is 11.4 Å².